The number of hydrogen-bond acceptors (Lipinski definition) is 4. The van der Waals surface area contributed by atoms with Crippen molar-refractivity contribution in [2.75, 3.05) is 0 Å². The summed E-state index contributed by atoms with van der Waals surface area (Å²) in [5.41, 5.74) is 1.44. The molecule has 0 saturated carbocycles. The second-order valence-corrected chi connectivity index (χ2v) is 6.39. The summed E-state index contributed by atoms with van der Waals surface area (Å²) in [6.45, 7) is 6.44. The minimum atomic E-state index is -0.318. The first kappa shape index (κ1) is 18.3. The molecule has 6 nitrogen and oxygen atoms in total. The fourth-order valence-electron chi connectivity index (χ4n) is 1.99. The predicted octanol–water partition coefficient (Wildman–Crippen LogP) is 3.39. The molecule has 3 rings (SSSR count). The Kier molecular flexibility index (Phi) is 6.00. The predicted molar refractivity (Wildman–Crippen MR) is 96.6 cm³/mol. The van der Waals surface area contributed by atoms with Crippen LogP contribution in [0.4, 0.5) is 0 Å². The van der Waals surface area contributed by atoms with E-state index in [1.165, 1.54) is 0 Å². The van der Waals surface area contributed by atoms with Gasteiger partial charge in [-0.05, 0) is 38.5 Å². The van der Waals surface area contributed by atoms with Crippen molar-refractivity contribution in [3.05, 3.63) is 64.4 Å². The minimum absolute atomic E-state index is 0.111. The highest BCUT2D eigenvalue weighted by atomic mass is 16.5. The molecule has 0 atom stereocenters. The summed E-state index contributed by atoms with van der Waals surface area (Å²) in [5.74, 6) is 0.738. The maximum absolute atomic E-state index is 11.3. The molecule has 1 aromatic heterocycles. The van der Waals surface area contributed by atoms with Gasteiger partial charge in [0, 0.05) is 6.07 Å². The van der Waals surface area contributed by atoms with Crippen molar-refractivity contribution >= 4 is 17.4 Å². The Bertz CT molecular complexity index is 860. The van der Waals surface area contributed by atoms with Crippen molar-refractivity contribution in [3.8, 4) is 5.75 Å². The number of rotatable bonds is 4. The van der Waals surface area contributed by atoms with Crippen LogP contribution in [0.2, 0.25) is 0 Å². The number of H-pyrrole nitrogens is 2. The van der Waals surface area contributed by atoms with Crippen LogP contribution >= 0.6 is 0 Å². The number of hydrogen-bond donors (Lipinski definition) is 2. The van der Waals surface area contributed by atoms with E-state index in [1.54, 1.807) is 12.1 Å². The van der Waals surface area contributed by atoms with Crippen LogP contribution in [-0.2, 0) is 16.1 Å². The fourth-order valence-corrected chi connectivity index (χ4v) is 1.99. The van der Waals surface area contributed by atoms with E-state index in [0.29, 0.717) is 18.5 Å². The van der Waals surface area contributed by atoms with Crippen LogP contribution in [0.5, 0.6) is 5.75 Å². The van der Waals surface area contributed by atoms with E-state index in [9.17, 15) is 9.59 Å². The van der Waals surface area contributed by atoms with Gasteiger partial charge >= 0.3 is 0 Å². The maximum Gasteiger partial charge on any atom is 0.293 e. The van der Waals surface area contributed by atoms with Gasteiger partial charge in [0.05, 0.1) is 10.9 Å². The first-order chi connectivity index (χ1) is 11.9. The summed E-state index contributed by atoms with van der Waals surface area (Å²) >= 11 is 0. The molecular formula is C19H22N2O4. The van der Waals surface area contributed by atoms with E-state index >= 15 is 0 Å². The third kappa shape index (κ3) is 5.84. The standard InChI is InChI=1S/C14H12N2O2.C5H10O2/c17-14-12-7-6-11(8-13(12)15-16-14)18-9-10-4-2-1-3-5-10;1-5(2,3)7-4-6/h1-8H,9H2,(H2,15,16,17);4H,1-3H3. The van der Waals surface area contributed by atoms with Crippen molar-refractivity contribution in [3.63, 3.8) is 0 Å². The zero-order chi connectivity index (χ0) is 18.3. The lowest BCUT2D eigenvalue weighted by atomic mass is 10.2. The van der Waals surface area contributed by atoms with Crippen LogP contribution in [-0.4, -0.2) is 22.3 Å². The fraction of sp³-hybridized carbons (Fsp3) is 0.263. The molecule has 6 heteroatoms. The maximum atomic E-state index is 11.3. The molecule has 0 bridgehead atoms. The highest BCUT2D eigenvalue weighted by Crippen LogP contribution is 2.17. The molecule has 0 saturated heterocycles. The van der Waals surface area contributed by atoms with Gasteiger partial charge in [-0.25, -0.2) is 0 Å². The van der Waals surface area contributed by atoms with Gasteiger partial charge in [0.1, 0.15) is 18.0 Å². The van der Waals surface area contributed by atoms with Crippen molar-refractivity contribution < 1.29 is 14.3 Å². The first-order valence-corrected chi connectivity index (χ1v) is 7.87. The van der Waals surface area contributed by atoms with E-state index in [-0.39, 0.29) is 11.2 Å². The largest absolute Gasteiger partial charge is 0.489 e. The Balaban J connectivity index is 0.000000277. The third-order valence-electron chi connectivity index (χ3n) is 3.20. The lowest BCUT2D eigenvalue weighted by Crippen LogP contribution is -2.17. The van der Waals surface area contributed by atoms with Gasteiger partial charge in [-0.2, -0.15) is 0 Å². The number of nitrogens with one attached hydrogen (secondary N) is 2. The third-order valence-corrected chi connectivity index (χ3v) is 3.20. The highest BCUT2D eigenvalue weighted by molar-refractivity contribution is 5.79. The van der Waals surface area contributed by atoms with Gasteiger partial charge < -0.3 is 9.47 Å². The van der Waals surface area contributed by atoms with Crippen LogP contribution in [0.3, 0.4) is 0 Å². The quantitative estimate of drug-likeness (QED) is 0.712. The van der Waals surface area contributed by atoms with Crippen molar-refractivity contribution in [2.45, 2.75) is 33.0 Å². The molecule has 0 radical (unpaired) electrons. The molecule has 1 heterocycles. The van der Waals surface area contributed by atoms with E-state index < -0.39 is 0 Å². The van der Waals surface area contributed by atoms with E-state index in [1.807, 2.05) is 57.2 Å². The number of benzene rings is 2. The SMILES string of the molecule is CC(C)(C)OC=O.O=c1[nH][nH]c2cc(OCc3ccccc3)ccc12. The van der Waals surface area contributed by atoms with Crippen molar-refractivity contribution in [2.24, 2.45) is 0 Å². The molecular weight excluding hydrogens is 320 g/mol. The topological polar surface area (TPSA) is 84.2 Å². The molecule has 25 heavy (non-hydrogen) atoms. The lowest BCUT2D eigenvalue weighted by Gasteiger charge is -2.14. The molecule has 0 spiro atoms. The van der Waals surface area contributed by atoms with E-state index in [4.69, 9.17) is 4.74 Å². The summed E-state index contributed by atoms with van der Waals surface area (Å²) in [6, 6.07) is 15.3. The first-order valence-electron chi connectivity index (χ1n) is 7.87. The number of ether oxygens (including phenoxy) is 2. The molecule has 3 aromatic rings. The normalized spacial score (nSPS) is 10.7. The van der Waals surface area contributed by atoms with Gasteiger partial charge in [-0.3, -0.25) is 19.8 Å². The molecule has 0 aliphatic rings. The summed E-state index contributed by atoms with van der Waals surface area (Å²) < 4.78 is 10.2. The van der Waals surface area contributed by atoms with Gasteiger partial charge in [-0.1, -0.05) is 30.3 Å². The molecule has 0 amide bonds. The number of aromatic nitrogens is 2. The van der Waals surface area contributed by atoms with Gasteiger partial charge in [0.25, 0.3) is 12.0 Å². The average molecular weight is 342 g/mol. The molecule has 132 valence electrons. The van der Waals surface area contributed by atoms with Crippen LogP contribution < -0.4 is 10.3 Å². The zero-order valence-electron chi connectivity index (χ0n) is 14.5. The second kappa shape index (κ2) is 8.19. The molecule has 0 fully saturated rings. The Morgan fingerprint density at radius 2 is 1.76 bits per heavy atom. The summed E-state index contributed by atoms with van der Waals surface area (Å²) in [7, 11) is 0. The molecule has 0 aliphatic heterocycles. The van der Waals surface area contributed by atoms with Gasteiger partial charge in [0.2, 0.25) is 0 Å². The molecule has 2 N–H and O–H groups in total. The number of carbonyl (C=O) groups is 1. The van der Waals surface area contributed by atoms with E-state index in [0.717, 1.165) is 16.8 Å². The second-order valence-electron chi connectivity index (χ2n) is 6.39. The lowest BCUT2D eigenvalue weighted by molar-refractivity contribution is -0.138. The zero-order valence-corrected chi connectivity index (χ0v) is 14.5. The Hall–Kier alpha value is -3.02. The molecule has 2 aromatic carbocycles. The monoisotopic (exact) mass is 342 g/mol. The Labute approximate surface area is 145 Å². The molecule has 0 unspecified atom stereocenters. The van der Waals surface area contributed by atoms with Crippen LogP contribution in [0.25, 0.3) is 10.9 Å². The molecule has 0 aliphatic carbocycles. The van der Waals surface area contributed by atoms with Crippen LogP contribution in [0.1, 0.15) is 26.3 Å². The number of fused-ring (bicyclic) bond motifs is 1. The highest BCUT2D eigenvalue weighted by Gasteiger charge is 2.07. The summed E-state index contributed by atoms with van der Waals surface area (Å²) in [4.78, 5) is 20.9. The summed E-state index contributed by atoms with van der Waals surface area (Å²) in [6.07, 6.45) is 0. The average Bonchev–Trinajstić information content (AvgIpc) is 2.94. The smallest absolute Gasteiger partial charge is 0.293 e. The van der Waals surface area contributed by atoms with Crippen molar-refractivity contribution in [1.29, 1.82) is 0 Å². The van der Waals surface area contributed by atoms with Gasteiger partial charge in [-0.15, -0.1) is 0 Å². The summed E-state index contributed by atoms with van der Waals surface area (Å²) in [5, 5.41) is 5.99. The number of aromatic amines is 2. The van der Waals surface area contributed by atoms with Crippen LogP contribution in [0, 0.1) is 0 Å². The Morgan fingerprint density at radius 1 is 1.04 bits per heavy atom. The Morgan fingerprint density at radius 3 is 2.36 bits per heavy atom. The van der Waals surface area contributed by atoms with E-state index in [2.05, 4.69) is 14.9 Å². The van der Waals surface area contributed by atoms with Gasteiger partial charge in [0.15, 0.2) is 0 Å². The number of carbonyl (C=O) groups excluding carboxylic acids is 1. The van der Waals surface area contributed by atoms with Crippen LogP contribution in [0.15, 0.2) is 53.3 Å². The van der Waals surface area contributed by atoms with Crippen molar-refractivity contribution in [1.82, 2.24) is 10.2 Å². The minimum Gasteiger partial charge on any atom is -0.489 e.